The number of aromatic amines is 1. The minimum absolute atomic E-state index is 0.632. The fourth-order valence-electron chi connectivity index (χ4n) is 3.79. The van der Waals surface area contributed by atoms with Gasteiger partial charge in [-0.1, -0.05) is 57.8 Å². The van der Waals surface area contributed by atoms with Crippen LogP contribution in [0.5, 0.6) is 0 Å². The second kappa shape index (κ2) is 6.53. The summed E-state index contributed by atoms with van der Waals surface area (Å²) in [5.41, 5.74) is 0. The second-order valence-corrected chi connectivity index (χ2v) is 6.54. The first-order valence-corrected chi connectivity index (χ1v) is 8.33. The molecule has 0 atom stereocenters. The molecule has 2 fully saturated rings. The molecule has 3 nitrogen and oxygen atoms in total. The van der Waals surface area contributed by atoms with Crippen LogP contribution in [0.2, 0.25) is 0 Å². The smallest absolute Gasteiger partial charge is 0.153 e. The molecule has 1 N–H and O–H groups in total. The summed E-state index contributed by atoms with van der Waals surface area (Å²) in [5.74, 6) is 3.72. The summed E-state index contributed by atoms with van der Waals surface area (Å²) in [6, 6.07) is 0. The molecule has 1 aromatic rings. The van der Waals surface area contributed by atoms with E-state index >= 15 is 0 Å². The van der Waals surface area contributed by atoms with Gasteiger partial charge in [-0.3, -0.25) is 5.10 Å². The normalized spacial score (nSPS) is 23.4. The maximum Gasteiger partial charge on any atom is 0.153 e. The monoisotopic (exact) mass is 261 g/mol. The Kier molecular flexibility index (Phi) is 4.52. The Morgan fingerprint density at radius 3 is 2.21 bits per heavy atom. The van der Waals surface area contributed by atoms with Gasteiger partial charge < -0.3 is 0 Å². The number of rotatable bonds is 3. The van der Waals surface area contributed by atoms with Crippen LogP contribution in [0, 0.1) is 5.92 Å². The van der Waals surface area contributed by atoms with Crippen molar-refractivity contribution in [2.24, 2.45) is 5.92 Å². The number of nitrogens with one attached hydrogen (secondary N) is 1. The number of H-pyrrole nitrogens is 1. The minimum Gasteiger partial charge on any atom is -0.263 e. The molecule has 0 aliphatic heterocycles. The number of nitrogens with zero attached hydrogens (tertiary/aromatic N) is 2. The van der Waals surface area contributed by atoms with E-state index in [2.05, 4.69) is 10.2 Å². The van der Waals surface area contributed by atoms with Crippen molar-refractivity contribution in [3.63, 3.8) is 0 Å². The molecule has 2 aliphatic rings. The van der Waals surface area contributed by atoms with E-state index in [1.54, 1.807) is 0 Å². The van der Waals surface area contributed by atoms with Crippen LogP contribution in [0.3, 0.4) is 0 Å². The molecule has 3 rings (SSSR count). The number of hydrogen-bond donors (Lipinski definition) is 1. The summed E-state index contributed by atoms with van der Waals surface area (Å²) in [7, 11) is 0. The van der Waals surface area contributed by atoms with Crippen LogP contribution in [0.15, 0.2) is 0 Å². The summed E-state index contributed by atoms with van der Waals surface area (Å²) in [6.45, 7) is 0. The Bertz CT molecular complexity index is 371. The van der Waals surface area contributed by atoms with Crippen molar-refractivity contribution in [2.45, 2.75) is 83.0 Å². The summed E-state index contributed by atoms with van der Waals surface area (Å²) >= 11 is 0. The van der Waals surface area contributed by atoms with Gasteiger partial charge in [-0.15, -0.1) is 0 Å². The van der Waals surface area contributed by atoms with E-state index in [0.717, 1.165) is 24.0 Å². The summed E-state index contributed by atoms with van der Waals surface area (Å²) < 4.78 is 0. The zero-order chi connectivity index (χ0) is 12.9. The van der Waals surface area contributed by atoms with Gasteiger partial charge in [-0.25, -0.2) is 4.98 Å². The Balaban J connectivity index is 1.57. The third kappa shape index (κ3) is 3.58. The van der Waals surface area contributed by atoms with E-state index in [0.29, 0.717) is 5.92 Å². The first-order chi connectivity index (χ1) is 9.42. The third-order valence-corrected chi connectivity index (χ3v) is 4.98. The molecular formula is C16H27N3. The van der Waals surface area contributed by atoms with Gasteiger partial charge in [0, 0.05) is 12.3 Å². The Morgan fingerprint density at radius 1 is 0.842 bits per heavy atom. The molecule has 0 spiro atoms. The fourth-order valence-corrected chi connectivity index (χ4v) is 3.79. The van der Waals surface area contributed by atoms with Crippen LogP contribution in [0.25, 0.3) is 0 Å². The highest BCUT2D eigenvalue weighted by Gasteiger charge is 2.21. The van der Waals surface area contributed by atoms with Crippen molar-refractivity contribution in [1.82, 2.24) is 15.2 Å². The number of hydrogen-bond acceptors (Lipinski definition) is 2. The predicted molar refractivity (Wildman–Crippen MR) is 77.1 cm³/mol. The number of aromatic nitrogens is 3. The maximum atomic E-state index is 4.79. The Hall–Kier alpha value is -0.860. The van der Waals surface area contributed by atoms with E-state index in [1.165, 1.54) is 70.6 Å². The SMILES string of the molecule is C1CCCC(Cc2nc(C3CCCCC3)n[nH]2)CC1. The van der Waals surface area contributed by atoms with Crippen LogP contribution in [-0.4, -0.2) is 15.2 Å². The van der Waals surface area contributed by atoms with Crippen LogP contribution in [0.4, 0.5) is 0 Å². The predicted octanol–water partition coefficient (Wildman–Crippen LogP) is 4.37. The van der Waals surface area contributed by atoms with Crippen molar-refractivity contribution in [3.8, 4) is 0 Å². The molecule has 3 heteroatoms. The lowest BCUT2D eigenvalue weighted by Crippen LogP contribution is -2.07. The Labute approximate surface area is 116 Å². The van der Waals surface area contributed by atoms with Crippen LogP contribution in [0.1, 0.15) is 88.2 Å². The molecule has 0 radical (unpaired) electrons. The molecule has 0 bridgehead atoms. The van der Waals surface area contributed by atoms with E-state index in [9.17, 15) is 0 Å². The lowest BCUT2D eigenvalue weighted by molar-refractivity contribution is 0.428. The highest BCUT2D eigenvalue weighted by atomic mass is 15.2. The minimum atomic E-state index is 0.632. The summed E-state index contributed by atoms with van der Waals surface area (Å²) in [6.07, 6.45) is 16.3. The van der Waals surface area contributed by atoms with E-state index in [4.69, 9.17) is 4.98 Å². The van der Waals surface area contributed by atoms with Gasteiger partial charge in [-0.05, 0) is 18.8 Å². The van der Waals surface area contributed by atoms with Gasteiger partial charge in [-0.2, -0.15) is 5.10 Å². The zero-order valence-corrected chi connectivity index (χ0v) is 12.0. The molecule has 2 aliphatic carbocycles. The van der Waals surface area contributed by atoms with Gasteiger partial charge in [0.05, 0.1) is 0 Å². The molecule has 19 heavy (non-hydrogen) atoms. The van der Waals surface area contributed by atoms with E-state index in [1.807, 2.05) is 0 Å². The highest BCUT2D eigenvalue weighted by Crippen LogP contribution is 2.31. The van der Waals surface area contributed by atoms with Crippen molar-refractivity contribution in [2.75, 3.05) is 0 Å². The lowest BCUT2D eigenvalue weighted by Gasteiger charge is -2.18. The first-order valence-electron chi connectivity index (χ1n) is 8.33. The standard InChI is InChI=1S/C16H27N3/c1-2-5-9-13(8-4-1)12-15-17-16(19-18-15)14-10-6-3-7-11-14/h13-14H,1-12H2,(H,17,18,19). The Morgan fingerprint density at radius 2 is 1.47 bits per heavy atom. The molecule has 0 saturated heterocycles. The van der Waals surface area contributed by atoms with Crippen molar-refractivity contribution in [3.05, 3.63) is 11.6 Å². The topological polar surface area (TPSA) is 41.6 Å². The van der Waals surface area contributed by atoms with Crippen LogP contribution in [-0.2, 0) is 6.42 Å². The highest BCUT2D eigenvalue weighted by molar-refractivity contribution is 4.99. The summed E-state index contributed by atoms with van der Waals surface area (Å²) in [4.78, 5) is 4.79. The third-order valence-electron chi connectivity index (χ3n) is 4.98. The average molecular weight is 261 g/mol. The maximum absolute atomic E-state index is 4.79. The van der Waals surface area contributed by atoms with Gasteiger partial charge in [0.25, 0.3) is 0 Å². The quantitative estimate of drug-likeness (QED) is 0.821. The molecule has 1 heterocycles. The van der Waals surface area contributed by atoms with Gasteiger partial charge in [0.15, 0.2) is 5.82 Å². The molecule has 0 amide bonds. The zero-order valence-electron chi connectivity index (χ0n) is 12.0. The molecule has 0 aromatic carbocycles. The molecule has 2 saturated carbocycles. The molecule has 0 unspecified atom stereocenters. The van der Waals surface area contributed by atoms with Crippen molar-refractivity contribution in [1.29, 1.82) is 0 Å². The van der Waals surface area contributed by atoms with Crippen LogP contribution >= 0.6 is 0 Å². The summed E-state index contributed by atoms with van der Waals surface area (Å²) in [5, 5.41) is 7.70. The fraction of sp³-hybridized carbons (Fsp3) is 0.875. The van der Waals surface area contributed by atoms with Gasteiger partial charge in [0.1, 0.15) is 5.82 Å². The van der Waals surface area contributed by atoms with Gasteiger partial charge in [0.2, 0.25) is 0 Å². The van der Waals surface area contributed by atoms with Crippen LogP contribution < -0.4 is 0 Å². The second-order valence-electron chi connectivity index (χ2n) is 6.54. The van der Waals surface area contributed by atoms with E-state index in [-0.39, 0.29) is 0 Å². The average Bonchev–Trinajstić information content (AvgIpc) is 2.76. The van der Waals surface area contributed by atoms with Crippen molar-refractivity contribution < 1.29 is 0 Å². The van der Waals surface area contributed by atoms with Crippen molar-refractivity contribution >= 4 is 0 Å². The molecule has 106 valence electrons. The largest absolute Gasteiger partial charge is 0.263 e. The lowest BCUT2D eigenvalue weighted by atomic mass is 9.89. The van der Waals surface area contributed by atoms with Gasteiger partial charge >= 0.3 is 0 Å². The van der Waals surface area contributed by atoms with E-state index < -0.39 is 0 Å². The molecular weight excluding hydrogens is 234 g/mol. The molecule has 1 aromatic heterocycles. The first kappa shape index (κ1) is 13.1.